The maximum Gasteiger partial charge on any atom is 0.263 e. The molecule has 0 aliphatic heterocycles. The predicted octanol–water partition coefficient (Wildman–Crippen LogP) is 4.51. The average Bonchev–Trinajstić information content (AvgIpc) is 2.96. The highest BCUT2D eigenvalue weighted by Gasteiger charge is 2.16. The van der Waals surface area contributed by atoms with Crippen molar-refractivity contribution in [3.8, 4) is 10.6 Å². The highest BCUT2D eigenvalue weighted by molar-refractivity contribution is 7.17. The molecule has 0 atom stereocenters. The SMILES string of the molecule is Cc1nc(-c2ccc(F)cc2)sc1C(=O)NCCc1cc(F)cc(F)c1. The van der Waals surface area contributed by atoms with Crippen LogP contribution in [0.5, 0.6) is 0 Å². The van der Waals surface area contributed by atoms with E-state index in [9.17, 15) is 18.0 Å². The summed E-state index contributed by atoms with van der Waals surface area (Å²) in [5.41, 5.74) is 1.77. The van der Waals surface area contributed by atoms with E-state index in [1.807, 2.05) is 0 Å². The summed E-state index contributed by atoms with van der Waals surface area (Å²) in [5, 5.41) is 3.35. The Morgan fingerprint density at radius 2 is 1.69 bits per heavy atom. The number of hydrogen-bond acceptors (Lipinski definition) is 3. The molecule has 0 saturated carbocycles. The third-order valence-corrected chi connectivity index (χ3v) is 4.92. The van der Waals surface area contributed by atoms with E-state index in [-0.39, 0.29) is 18.3 Å². The average molecular weight is 376 g/mol. The molecule has 0 aliphatic rings. The number of nitrogens with one attached hydrogen (secondary N) is 1. The molecule has 0 spiro atoms. The van der Waals surface area contributed by atoms with E-state index in [0.29, 0.717) is 27.6 Å². The number of carbonyl (C=O) groups excluding carboxylic acids is 1. The first-order valence-corrected chi connectivity index (χ1v) is 8.70. The number of carbonyl (C=O) groups is 1. The number of rotatable bonds is 5. The summed E-state index contributed by atoms with van der Waals surface area (Å²) in [4.78, 5) is 17.2. The standard InChI is InChI=1S/C19H15F3N2OS/c1-11-17(26-19(24-11)13-2-4-14(20)5-3-13)18(25)23-7-6-12-8-15(21)10-16(22)9-12/h2-5,8-10H,6-7H2,1H3,(H,23,25). The Morgan fingerprint density at radius 1 is 1.04 bits per heavy atom. The van der Waals surface area contributed by atoms with Gasteiger partial charge in [0.05, 0.1) is 5.69 Å². The highest BCUT2D eigenvalue weighted by atomic mass is 32.1. The van der Waals surface area contributed by atoms with Crippen LogP contribution in [0.25, 0.3) is 10.6 Å². The van der Waals surface area contributed by atoms with Gasteiger partial charge in [-0.15, -0.1) is 11.3 Å². The van der Waals surface area contributed by atoms with Gasteiger partial charge in [0.2, 0.25) is 0 Å². The van der Waals surface area contributed by atoms with Gasteiger partial charge in [-0.1, -0.05) is 0 Å². The molecule has 26 heavy (non-hydrogen) atoms. The van der Waals surface area contributed by atoms with Crippen molar-refractivity contribution in [3.05, 3.63) is 76.1 Å². The smallest absolute Gasteiger partial charge is 0.263 e. The number of halogens is 3. The fraction of sp³-hybridized carbons (Fsp3) is 0.158. The van der Waals surface area contributed by atoms with Crippen molar-refractivity contribution < 1.29 is 18.0 Å². The molecule has 3 aromatic rings. The zero-order valence-corrected chi connectivity index (χ0v) is 14.7. The molecule has 1 aromatic heterocycles. The van der Waals surface area contributed by atoms with Gasteiger partial charge in [-0.2, -0.15) is 0 Å². The maximum atomic E-state index is 13.2. The molecule has 0 radical (unpaired) electrons. The van der Waals surface area contributed by atoms with Crippen LogP contribution >= 0.6 is 11.3 Å². The van der Waals surface area contributed by atoms with Crippen molar-refractivity contribution in [1.29, 1.82) is 0 Å². The predicted molar refractivity (Wildman–Crippen MR) is 94.6 cm³/mol. The summed E-state index contributed by atoms with van der Waals surface area (Å²) < 4.78 is 39.3. The molecule has 0 bridgehead atoms. The van der Waals surface area contributed by atoms with Crippen LogP contribution in [-0.4, -0.2) is 17.4 Å². The number of hydrogen-bond donors (Lipinski definition) is 1. The van der Waals surface area contributed by atoms with Gasteiger partial charge >= 0.3 is 0 Å². The molecular weight excluding hydrogens is 361 g/mol. The minimum atomic E-state index is -0.645. The van der Waals surface area contributed by atoms with E-state index >= 15 is 0 Å². The number of benzene rings is 2. The van der Waals surface area contributed by atoms with E-state index in [2.05, 4.69) is 10.3 Å². The molecule has 1 N–H and O–H groups in total. The van der Waals surface area contributed by atoms with Gasteiger partial charge in [0, 0.05) is 18.2 Å². The Morgan fingerprint density at radius 3 is 2.35 bits per heavy atom. The van der Waals surface area contributed by atoms with Crippen LogP contribution in [0.15, 0.2) is 42.5 Å². The first-order valence-electron chi connectivity index (χ1n) is 7.89. The van der Waals surface area contributed by atoms with E-state index in [1.165, 1.54) is 35.6 Å². The van der Waals surface area contributed by atoms with Gasteiger partial charge in [0.1, 0.15) is 27.3 Å². The van der Waals surface area contributed by atoms with Crippen molar-refractivity contribution in [2.45, 2.75) is 13.3 Å². The van der Waals surface area contributed by atoms with Crippen LogP contribution in [-0.2, 0) is 6.42 Å². The van der Waals surface area contributed by atoms with Crippen molar-refractivity contribution in [2.75, 3.05) is 6.54 Å². The second-order valence-electron chi connectivity index (χ2n) is 5.72. The van der Waals surface area contributed by atoms with Crippen LogP contribution in [0.3, 0.4) is 0 Å². The van der Waals surface area contributed by atoms with Gasteiger partial charge in [-0.05, 0) is 55.3 Å². The number of amides is 1. The quantitative estimate of drug-likeness (QED) is 0.712. The van der Waals surface area contributed by atoms with E-state index in [0.717, 1.165) is 11.6 Å². The fourth-order valence-electron chi connectivity index (χ4n) is 2.48. The van der Waals surface area contributed by atoms with Gasteiger partial charge < -0.3 is 5.32 Å². The molecule has 134 valence electrons. The van der Waals surface area contributed by atoms with Crippen LogP contribution in [0.1, 0.15) is 20.9 Å². The lowest BCUT2D eigenvalue weighted by atomic mass is 10.1. The number of aromatic nitrogens is 1. The normalized spacial score (nSPS) is 10.8. The van der Waals surface area contributed by atoms with Gasteiger partial charge in [-0.25, -0.2) is 18.2 Å². The lowest BCUT2D eigenvalue weighted by molar-refractivity contribution is 0.0957. The summed E-state index contributed by atoms with van der Waals surface area (Å²) in [6, 6.07) is 9.16. The highest BCUT2D eigenvalue weighted by Crippen LogP contribution is 2.28. The van der Waals surface area contributed by atoms with Gasteiger partial charge in [0.25, 0.3) is 5.91 Å². The molecule has 3 nitrogen and oxygen atoms in total. The van der Waals surface area contributed by atoms with Crippen LogP contribution in [0, 0.1) is 24.4 Å². The van der Waals surface area contributed by atoms with E-state index in [4.69, 9.17) is 0 Å². The molecule has 1 amide bonds. The molecule has 7 heteroatoms. The lowest BCUT2D eigenvalue weighted by Gasteiger charge is -2.05. The molecule has 0 aliphatic carbocycles. The largest absolute Gasteiger partial charge is 0.351 e. The summed E-state index contributed by atoms with van der Waals surface area (Å²) >= 11 is 1.21. The molecule has 0 fully saturated rings. The second kappa shape index (κ2) is 7.70. The molecule has 0 saturated heterocycles. The maximum absolute atomic E-state index is 13.2. The zero-order valence-electron chi connectivity index (χ0n) is 13.9. The summed E-state index contributed by atoms with van der Waals surface area (Å²) in [6.07, 6.45) is 0.309. The van der Waals surface area contributed by atoms with Crippen LogP contribution in [0.4, 0.5) is 13.2 Å². The topological polar surface area (TPSA) is 42.0 Å². The monoisotopic (exact) mass is 376 g/mol. The molecule has 2 aromatic carbocycles. The number of thiazole rings is 1. The minimum absolute atomic E-state index is 0.241. The Hall–Kier alpha value is -2.67. The minimum Gasteiger partial charge on any atom is -0.351 e. The molecular formula is C19H15F3N2OS. The first-order chi connectivity index (χ1) is 12.4. The van der Waals surface area contributed by atoms with Crippen molar-refractivity contribution in [3.63, 3.8) is 0 Å². The van der Waals surface area contributed by atoms with Crippen LogP contribution < -0.4 is 5.32 Å². The zero-order chi connectivity index (χ0) is 18.7. The first kappa shape index (κ1) is 18.1. The third kappa shape index (κ3) is 4.29. The second-order valence-corrected chi connectivity index (χ2v) is 6.72. The van der Waals surface area contributed by atoms with Gasteiger partial charge in [0.15, 0.2) is 0 Å². The lowest BCUT2D eigenvalue weighted by Crippen LogP contribution is -2.25. The third-order valence-electron chi connectivity index (χ3n) is 3.72. The Labute approximate surface area is 152 Å². The number of nitrogens with zero attached hydrogens (tertiary/aromatic N) is 1. The van der Waals surface area contributed by atoms with Crippen LogP contribution in [0.2, 0.25) is 0 Å². The Bertz CT molecular complexity index is 918. The van der Waals surface area contributed by atoms with E-state index in [1.54, 1.807) is 19.1 Å². The Balaban J connectivity index is 1.65. The van der Waals surface area contributed by atoms with Crippen molar-refractivity contribution in [1.82, 2.24) is 10.3 Å². The molecule has 1 heterocycles. The fourth-order valence-corrected chi connectivity index (χ4v) is 3.47. The Kier molecular flexibility index (Phi) is 5.37. The molecule has 0 unspecified atom stereocenters. The summed E-state index contributed by atoms with van der Waals surface area (Å²) in [5.74, 6) is -1.93. The van der Waals surface area contributed by atoms with Gasteiger partial charge in [-0.3, -0.25) is 4.79 Å². The van der Waals surface area contributed by atoms with E-state index < -0.39 is 11.6 Å². The van der Waals surface area contributed by atoms with Crippen molar-refractivity contribution >= 4 is 17.2 Å². The molecule has 3 rings (SSSR count). The summed E-state index contributed by atoms with van der Waals surface area (Å²) in [7, 11) is 0. The summed E-state index contributed by atoms with van der Waals surface area (Å²) in [6.45, 7) is 1.96. The number of aryl methyl sites for hydroxylation is 1. The van der Waals surface area contributed by atoms with Crippen molar-refractivity contribution in [2.24, 2.45) is 0 Å².